The fraction of sp³-hybridized carbons (Fsp3) is 0.500. The lowest BCUT2D eigenvalue weighted by Gasteiger charge is -2.19. The Hall–Kier alpha value is -2.17. The van der Waals surface area contributed by atoms with E-state index in [1.165, 1.54) is 32.1 Å². The summed E-state index contributed by atoms with van der Waals surface area (Å²) in [6, 6.07) is 2.55. The predicted molar refractivity (Wildman–Crippen MR) is 91.0 cm³/mol. The zero-order valence-corrected chi connectivity index (χ0v) is 13.6. The van der Waals surface area contributed by atoms with Crippen molar-refractivity contribution in [3.63, 3.8) is 0 Å². The minimum atomic E-state index is 0.503. The first-order chi connectivity index (χ1) is 11.3. The summed E-state index contributed by atoms with van der Waals surface area (Å²) in [6.45, 7) is 2.26. The summed E-state index contributed by atoms with van der Waals surface area (Å²) >= 11 is 0. The van der Waals surface area contributed by atoms with E-state index in [1.807, 2.05) is 24.7 Å². The van der Waals surface area contributed by atoms with Gasteiger partial charge in [-0.1, -0.05) is 32.6 Å². The van der Waals surface area contributed by atoms with Crippen LogP contribution in [0, 0.1) is 5.92 Å². The maximum atomic E-state index is 4.66. The molecule has 1 saturated carbocycles. The van der Waals surface area contributed by atoms with Crippen LogP contribution in [0.15, 0.2) is 30.9 Å². The summed E-state index contributed by atoms with van der Waals surface area (Å²) in [4.78, 5) is 3.12. The highest BCUT2D eigenvalue weighted by Crippen LogP contribution is 2.34. The van der Waals surface area contributed by atoms with Crippen molar-refractivity contribution in [2.24, 2.45) is 5.92 Å². The van der Waals surface area contributed by atoms with Crippen molar-refractivity contribution in [3.05, 3.63) is 30.9 Å². The summed E-state index contributed by atoms with van der Waals surface area (Å²) in [7, 11) is 0. The Morgan fingerprint density at radius 1 is 1.30 bits per heavy atom. The van der Waals surface area contributed by atoms with E-state index in [-0.39, 0.29) is 0 Å². The van der Waals surface area contributed by atoms with Crippen LogP contribution in [0.25, 0.3) is 22.2 Å². The number of nitrogens with one attached hydrogen (secondary N) is 1. The van der Waals surface area contributed by atoms with Gasteiger partial charge >= 0.3 is 0 Å². The van der Waals surface area contributed by atoms with Crippen LogP contribution in [0.5, 0.6) is 0 Å². The standard InChI is InChI=1S/C18H23N5/c1-2-15(9-13-5-3-4-6-13)23-12-14(10-21-23)17-11-20-22-18-16(17)7-8-19-18/h7-8,10-13,15H,2-6,9H2,1H3,(H,19,22)/t15-/m0/s1. The molecule has 120 valence electrons. The van der Waals surface area contributed by atoms with Gasteiger partial charge in [-0.3, -0.25) is 4.68 Å². The van der Waals surface area contributed by atoms with Gasteiger partial charge < -0.3 is 4.98 Å². The molecule has 0 bridgehead atoms. The second kappa shape index (κ2) is 6.14. The van der Waals surface area contributed by atoms with Crippen molar-refractivity contribution in [1.29, 1.82) is 0 Å². The maximum Gasteiger partial charge on any atom is 0.160 e. The Labute approximate surface area is 136 Å². The Kier molecular flexibility index (Phi) is 3.85. The molecule has 0 aliphatic heterocycles. The molecule has 23 heavy (non-hydrogen) atoms. The average molecular weight is 309 g/mol. The fourth-order valence-corrected chi connectivity index (χ4v) is 3.87. The molecule has 3 aromatic rings. The number of hydrogen-bond donors (Lipinski definition) is 1. The van der Waals surface area contributed by atoms with Gasteiger partial charge in [0.2, 0.25) is 0 Å². The highest BCUT2D eigenvalue weighted by Gasteiger charge is 2.21. The summed E-state index contributed by atoms with van der Waals surface area (Å²) in [6.07, 6.45) is 15.8. The molecule has 5 nitrogen and oxygen atoms in total. The fourth-order valence-electron chi connectivity index (χ4n) is 3.87. The molecule has 3 aromatic heterocycles. The van der Waals surface area contributed by atoms with Crippen LogP contribution in [-0.4, -0.2) is 25.0 Å². The number of H-pyrrole nitrogens is 1. The summed E-state index contributed by atoms with van der Waals surface area (Å²) in [5, 5.41) is 14.0. The largest absolute Gasteiger partial charge is 0.345 e. The van der Waals surface area contributed by atoms with Crippen LogP contribution in [0.4, 0.5) is 0 Å². The molecule has 1 N–H and O–H groups in total. The minimum Gasteiger partial charge on any atom is -0.345 e. The average Bonchev–Trinajstić information content (AvgIpc) is 3.32. The lowest BCUT2D eigenvalue weighted by Crippen LogP contribution is -2.12. The predicted octanol–water partition coefficient (Wildman–Crippen LogP) is 4.35. The van der Waals surface area contributed by atoms with Gasteiger partial charge in [-0.2, -0.15) is 10.2 Å². The maximum absolute atomic E-state index is 4.66. The first kappa shape index (κ1) is 14.4. The number of fused-ring (bicyclic) bond motifs is 1. The van der Waals surface area contributed by atoms with E-state index in [1.54, 1.807) is 0 Å². The second-order valence-electron chi connectivity index (χ2n) is 6.66. The van der Waals surface area contributed by atoms with E-state index in [4.69, 9.17) is 0 Å². The smallest absolute Gasteiger partial charge is 0.160 e. The van der Waals surface area contributed by atoms with Gasteiger partial charge in [-0.05, 0) is 24.8 Å². The molecule has 1 atom stereocenters. The van der Waals surface area contributed by atoms with Crippen molar-refractivity contribution in [2.75, 3.05) is 0 Å². The molecule has 3 heterocycles. The van der Waals surface area contributed by atoms with E-state index >= 15 is 0 Å². The van der Waals surface area contributed by atoms with E-state index in [9.17, 15) is 0 Å². The van der Waals surface area contributed by atoms with E-state index in [0.29, 0.717) is 6.04 Å². The molecule has 0 amide bonds. The molecule has 0 radical (unpaired) electrons. The van der Waals surface area contributed by atoms with Crippen LogP contribution in [0.3, 0.4) is 0 Å². The van der Waals surface area contributed by atoms with Gasteiger partial charge in [0.1, 0.15) is 0 Å². The van der Waals surface area contributed by atoms with Crippen LogP contribution in [0.1, 0.15) is 51.5 Å². The molecule has 0 spiro atoms. The lowest BCUT2D eigenvalue weighted by molar-refractivity contribution is 0.338. The third-order valence-corrected chi connectivity index (χ3v) is 5.20. The molecule has 0 unspecified atom stereocenters. The van der Waals surface area contributed by atoms with E-state index in [0.717, 1.165) is 34.5 Å². The third kappa shape index (κ3) is 2.76. The first-order valence-electron chi connectivity index (χ1n) is 8.68. The van der Waals surface area contributed by atoms with E-state index < -0.39 is 0 Å². The van der Waals surface area contributed by atoms with Gasteiger partial charge in [0, 0.05) is 28.9 Å². The molecular weight excluding hydrogens is 286 g/mol. The number of rotatable bonds is 5. The number of hydrogen-bond acceptors (Lipinski definition) is 3. The highest BCUT2D eigenvalue weighted by atomic mass is 15.3. The van der Waals surface area contributed by atoms with Crippen LogP contribution >= 0.6 is 0 Å². The van der Waals surface area contributed by atoms with Gasteiger partial charge in [0.05, 0.1) is 18.4 Å². The zero-order valence-electron chi connectivity index (χ0n) is 13.6. The molecule has 1 aliphatic rings. The highest BCUT2D eigenvalue weighted by molar-refractivity contribution is 5.91. The Balaban J connectivity index is 1.61. The lowest BCUT2D eigenvalue weighted by atomic mass is 9.97. The van der Waals surface area contributed by atoms with Crippen molar-refractivity contribution < 1.29 is 0 Å². The Morgan fingerprint density at radius 3 is 3.00 bits per heavy atom. The Bertz CT molecular complexity index is 781. The zero-order chi connectivity index (χ0) is 15.6. The summed E-state index contributed by atoms with van der Waals surface area (Å²) < 4.78 is 2.16. The summed E-state index contributed by atoms with van der Waals surface area (Å²) in [5.41, 5.74) is 3.04. The minimum absolute atomic E-state index is 0.503. The topological polar surface area (TPSA) is 59.4 Å². The molecule has 0 saturated heterocycles. The van der Waals surface area contributed by atoms with Crippen molar-refractivity contribution >= 4 is 11.0 Å². The molecule has 1 aliphatic carbocycles. The van der Waals surface area contributed by atoms with Gasteiger partial charge in [0.25, 0.3) is 0 Å². The Morgan fingerprint density at radius 2 is 2.17 bits per heavy atom. The van der Waals surface area contributed by atoms with Crippen molar-refractivity contribution in [1.82, 2.24) is 25.0 Å². The molecule has 4 rings (SSSR count). The van der Waals surface area contributed by atoms with Gasteiger partial charge in [-0.25, -0.2) is 0 Å². The van der Waals surface area contributed by atoms with Gasteiger partial charge in [-0.15, -0.1) is 5.10 Å². The van der Waals surface area contributed by atoms with E-state index in [2.05, 4.69) is 38.1 Å². The monoisotopic (exact) mass is 309 g/mol. The quantitative estimate of drug-likeness (QED) is 0.762. The van der Waals surface area contributed by atoms with Crippen LogP contribution in [0.2, 0.25) is 0 Å². The molecule has 0 aromatic carbocycles. The van der Waals surface area contributed by atoms with Crippen LogP contribution < -0.4 is 0 Å². The molecular formula is C18H23N5. The first-order valence-corrected chi connectivity index (χ1v) is 8.68. The third-order valence-electron chi connectivity index (χ3n) is 5.20. The number of aromatic amines is 1. The number of nitrogens with zero attached hydrogens (tertiary/aromatic N) is 4. The van der Waals surface area contributed by atoms with Crippen molar-refractivity contribution in [3.8, 4) is 11.1 Å². The van der Waals surface area contributed by atoms with Gasteiger partial charge in [0.15, 0.2) is 5.65 Å². The second-order valence-corrected chi connectivity index (χ2v) is 6.66. The van der Waals surface area contributed by atoms with Crippen molar-refractivity contribution in [2.45, 2.75) is 51.5 Å². The number of aromatic nitrogens is 5. The summed E-state index contributed by atoms with van der Waals surface area (Å²) in [5.74, 6) is 0.881. The molecule has 1 fully saturated rings. The van der Waals surface area contributed by atoms with Crippen LogP contribution in [-0.2, 0) is 0 Å². The molecule has 5 heteroatoms. The SMILES string of the molecule is CC[C@@H](CC1CCCC1)n1cc(-c2cnnc3[nH]ccc23)cn1. The normalized spacial score (nSPS) is 17.1.